The number of benzene rings is 1. The van der Waals surface area contributed by atoms with Gasteiger partial charge in [-0.25, -0.2) is 0 Å². The fourth-order valence-corrected chi connectivity index (χ4v) is 2.97. The van der Waals surface area contributed by atoms with Crippen molar-refractivity contribution >= 4 is 17.6 Å². The van der Waals surface area contributed by atoms with E-state index in [1.165, 1.54) is 5.56 Å². The normalized spacial score (nSPS) is 11.6. The zero-order chi connectivity index (χ0) is 19.9. The molecule has 1 aromatic rings. The molecule has 0 radical (unpaired) electrons. The molecule has 0 amide bonds. The number of carbonyl (C=O) groups is 2. The Morgan fingerprint density at radius 2 is 1.48 bits per heavy atom. The molecule has 0 heterocycles. The largest absolute Gasteiger partial charge is 0.497 e. The maximum absolute atomic E-state index is 11.9. The van der Waals surface area contributed by atoms with Crippen molar-refractivity contribution in [2.45, 2.75) is 65.2 Å². The number of allylic oxidation sites excluding steroid dienone is 3. The molecule has 0 aliphatic rings. The highest BCUT2D eigenvalue weighted by Crippen LogP contribution is 2.16. The van der Waals surface area contributed by atoms with Gasteiger partial charge in [0.05, 0.1) is 13.0 Å². The average Bonchev–Trinajstić information content (AvgIpc) is 2.71. The van der Waals surface area contributed by atoms with Gasteiger partial charge >= 0.3 is 0 Å². The Morgan fingerprint density at radius 3 is 2.07 bits per heavy atom. The summed E-state index contributed by atoms with van der Waals surface area (Å²) in [6, 6.07) is 8.02. The van der Waals surface area contributed by atoms with Crippen LogP contribution < -0.4 is 4.74 Å². The van der Waals surface area contributed by atoms with Gasteiger partial charge < -0.3 is 4.74 Å². The first-order valence-electron chi connectivity index (χ1n) is 10.1. The zero-order valence-corrected chi connectivity index (χ0v) is 17.1. The standard InChI is InChI=1S/C24H34O3/c1-4-23(25)22(24(26)5-2)15-13-11-9-7-6-8-10-12-14-20-16-18-21(27-3)19-17-20/h6-7,12,14,16-19,22H,4-5,8-11,13,15H2,1-3H3/b7-6+,14-12+. The molecule has 3 nitrogen and oxygen atoms in total. The lowest BCUT2D eigenvalue weighted by molar-refractivity contribution is -0.132. The molecule has 0 N–H and O–H groups in total. The summed E-state index contributed by atoms with van der Waals surface area (Å²) in [4.78, 5) is 23.7. The molecule has 27 heavy (non-hydrogen) atoms. The summed E-state index contributed by atoms with van der Waals surface area (Å²) in [7, 11) is 1.67. The van der Waals surface area contributed by atoms with Crippen LogP contribution in [0.5, 0.6) is 5.75 Å². The third-order valence-electron chi connectivity index (χ3n) is 4.68. The smallest absolute Gasteiger partial charge is 0.143 e. The number of rotatable bonds is 14. The summed E-state index contributed by atoms with van der Waals surface area (Å²) in [6.07, 6.45) is 15.4. The van der Waals surface area contributed by atoms with E-state index in [2.05, 4.69) is 24.3 Å². The van der Waals surface area contributed by atoms with E-state index < -0.39 is 0 Å². The molecule has 0 aromatic heterocycles. The van der Waals surface area contributed by atoms with Gasteiger partial charge in [-0.15, -0.1) is 0 Å². The van der Waals surface area contributed by atoms with Gasteiger partial charge in [-0.3, -0.25) is 9.59 Å². The van der Waals surface area contributed by atoms with Crippen LogP contribution in [0.15, 0.2) is 42.5 Å². The van der Waals surface area contributed by atoms with Gasteiger partial charge in [-0.2, -0.15) is 0 Å². The molecule has 0 bridgehead atoms. The lowest BCUT2D eigenvalue weighted by Crippen LogP contribution is -2.22. The number of hydrogen-bond acceptors (Lipinski definition) is 3. The molecule has 0 atom stereocenters. The molecule has 0 aliphatic carbocycles. The number of hydrogen-bond donors (Lipinski definition) is 0. The minimum Gasteiger partial charge on any atom is -0.497 e. The molecule has 3 heteroatoms. The number of unbranched alkanes of at least 4 members (excludes halogenated alkanes) is 3. The lowest BCUT2D eigenvalue weighted by Gasteiger charge is -2.12. The lowest BCUT2D eigenvalue weighted by atomic mass is 9.90. The van der Waals surface area contributed by atoms with Crippen LogP contribution in [0.3, 0.4) is 0 Å². The Morgan fingerprint density at radius 1 is 0.889 bits per heavy atom. The zero-order valence-electron chi connectivity index (χ0n) is 17.1. The van der Waals surface area contributed by atoms with Gasteiger partial charge in [0.1, 0.15) is 17.3 Å². The second-order valence-corrected chi connectivity index (χ2v) is 6.70. The van der Waals surface area contributed by atoms with E-state index in [4.69, 9.17) is 4.74 Å². The van der Waals surface area contributed by atoms with Crippen LogP contribution in [0, 0.1) is 5.92 Å². The van der Waals surface area contributed by atoms with E-state index >= 15 is 0 Å². The molecule has 148 valence electrons. The van der Waals surface area contributed by atoms with Gasteiger partial charge in [-0.1, -0.05) is 56.7 Å². The van der Waals surface area contributed by atoms with Crippen LogP contribution in [0.25, 0.3) is 6.08 Å². The van der Waals surface area contributed by atoms with Gasteiger partial charge in [-0.05, 0) is 49.8 Å². The van der Waals surface area contributed by atoms with Gasteiger partial charge in [0, 0.05) is 12.8 Å². The molecule has 1 aromatic carbocycles. The summed E-state index contributed by atoms with van der Waals surface area (Å²) in [6.45, 7) is 3.67. The third kappa shape index (κ3) is 9.37. The molecule has 0 aliphatic heterocycles. The Hall–Kier alpha value is -2.16. The van der Waals surface area contributed by atoms with Crippen LogP contribution in [0.2, 0.25) is 0 Å². The Kier molecular flexibility index (Phi) is 11.8. The van der Waals surface area contributed by atoms with E-state index in [1.54, 1.807) is 7.11 Å². The minimum atomic E-state index is -0.368. The van der Waals surface area contributed by atoms with Crippen LogP contribution in [-0.2, 0) is 9.59 Å². The first-order chi connectivity index (χ1) is 13.1. The number of methoxy groups -OCH3 is 1. The number of carbonyl (C=O) groups excluding carboxylic acids is 2. The van der Waals surface area contributed by atoms with Crippen molar-refractivity contribution < 1.29 is 14.3 Å². The first-order valence-corrected chi connectivity index (χ1v) is 10.1. The molecular weight excluding hydrogens is 336 g/mol. The Bertz CT molecular complexity index is 595. The van der Waals surface area contributed by atoms with Crippen LogP contribution in [0.4, 0.5) is 0 Å². The SMILES string of the molecule is CCC(=O)C(CCCC/C=C/CC/C=C/c1ccc(OC)cc1)C(=O)CC. The molecule has 1 rings (SSSR count). The average molecular weight is 371 g/mol. The summed E-state index contributed by atoms with van der Waals surface area (Å²) < 4.78 is 5.15. The fourth-order valence-electron chi connectivity index (χ4n) is 2.97. The van der Waals surface area contributed by atoms with Crippen molar-refractivity contribution in [1.82, 2.24) is 0 Å². The second kappa shape index (κ2) is 14.0. The predicted molar refractivity (Wildman–Crippen MR) is 113 cm³/mol. The van der Waals surface area contributed by atoms with E-state index in [1.807, 2.05) is 38.1 Å². The summed E-state index contributed by atoms with van der Waals surface area (Å²) >= 11 is 0. The van der Waals surface area contributed by atoms with Gasteiger partial charge in [0.15, 0.2) is 0 Å². The Labute approximate surface area is 164 Å². The van der Waals surface area contributed by atoms with Crippen molar-refractivity contribution in [3.8, 4) is 5.75 Å². The maximum atomic E-state index is 11.9. The molecule has 0 spiro atoms. The van der Waals surface area contributed by atoms with Crippen molar-refractivity contribution in [2.75, 3.05) is 7.11 Å². The number of ether oxygens (including phenoxy) is 1. The van der Waals surface area contributed by atoms with Crippen molar-refractivity contribution in [2.24, 2.45) is 5.92 Å². The summed E-state index contributed by atoms with van der Waals surface area (Å²) in [5.41, 5.74) is 1.18. The predicted octanol–water partition coefficient (Wildman–Crippen LogP) is 6.18. The first kappa shape index (κ1) is 22.9. The van der Waals surface area contributed by atoms with E-state index in [0.29, 0.717) is 19.3 Å². The highest BCUT2D eigenvalue weighted by atomic mass is 16.5. The molecule has 0 saturated carbocycles. The molecular formula is C24H34O3. The van der Waals surface area contributed by atoms with Crippen LogP contribution in [-0.4, -0.2) is 18.7 Å². The summed E-state index contributed by atoms with van der Waals surface area (Å²) in [5, 5.41) is 0. The van der Waals surface area contributed by atoms with E-state index in [-0.39, 0.29) is 17.5 Å². The quantitative estimate of drug-likeness (QED) is 0.223. The maximum Gasteiger partial charge on any atom is 0.143 e. The molecule has 0 unspecified atom stereocenters. The Balaban J connectivity index is 2.17. The highest BCUT2D eigenvalue weighted by Gasteiger charge is 2.22. The van der Waals surface area contributed by atoms with E-state index in [0.717, 1.165) is 37.9 Å². The molecule has 0 saturated heterocycles. The molecule has 0 fully saturated rings. The summed E-state index contributed by atoms with van der Waals surface area (Å²) in [5.74, 6) is 0.702. The third-order valence-corrected chi connectivity index (χ3v) is 4.68. The second-order valence-electron chi connectivity index (χ2n) is 6.70. The van der Waals surface area contributed by atoms with Crippen molar-refractivity contribution in [3.63, 3.8) is 0 Å². The van der Waals surface area contributed by atoms with Gasteiger partial charge in [0.25, 0.3) is 0 Å². The van der Waals surface area contributed by atoms with Gasteiger partial charge in [0.2, 0.25) is 0 Å². The number of Topliss-reactive ketones (excluding diaryl/α,β-unsaturated/α-hetero) is 2. The van der Waals surface area contributed by atoms with E-state index in [9.17, 15) is 9.59 Å². The van der Waals surface area contributed by atoms with Crippen molar-refractivity contribution in [1.29, 1.82) is 0 Å². The monoisotopic (exact) mass is 370 g/mol. The minimum absolute atomic E-state index is 0.0982. The number of ketones is 2. The topological polar surface area (TPSA) is 43.4 Å². The van der Waals surface area contributed by atoms with Crippen LogP contribution in [0.1, 0.15) is 70.8 Å². The highest BCUT2D eigenvalue weighted by molar-refractivity contribution is 6.02. The van der Waals surface area contributed by atoms with Crippen molar-refractivity contribution in [3.05, 3.63) is 48.1 Å². The fraction of sp³-hybridized carbons (Fsp3) is 0.500. The van der Waals surface area contributed by atoms with Crippen LogP contribution >= 0.6 is 0 Å².